The van der Waals surface area contributed by atoms with E-state index in [0.29, 0.717) is 0 Å². The van der Waals surface area contributed by atoms with Gasteiger partial charge in [0.15, 0.2) is 0 Å². The summed E-state index contributed by atoms with van der Waals surface area (Å²) in [6, 6.07) is 7.88. The molecule has 0 spiro atoms. The fourth-order valence-electron chi connectivity index (χ4n) is 2.35. The molecule has 106 valence electrons. The second-order valence-corrected chi connectivity index (χ2v) is 4.56. The van der Waals surface area contributed by atoms with Crippen LogP contribution in [-0.2, 0) is 0 Å². The topological polar surface area (TPSA) is 43.4 Å². The molecule has 20 heavy (non-hydrogen) atoms. The number of aromatic nitrogens is 1. The number of rotatable bonds is 5. The average molecular weight is 272 g/mol. The Bertz CT molecular complexity index is 584. The zero-order chi connectivity index (χ0) is 14.5. The number of pyridine rings is 1. The van der Waals surface area contributed by atoms with Crippen molar-refractivity contribution < 1.29 is 9.47 Å². The SMILES string of the molecule is CNC(c1ccncc1C)c1cc(OC)ccc1OC. The van der Waals surface area contributed by atoms with Crippen molar-refractivity contribution in [3.8, 4) is 11.5 Å². The maximum absolute atomic E-state index is 5.48. The number of aryl methyl sites for hydroxylation is 1. The van der Waals surface area contributed by atoms with Crippen LogP contribution in [-0.4, -0.2) is 26.3 Å². The number of hydrogen-bond donors (Lipinski definition) is 1. The Morgan fingerprint density at radius 2 is 1.90 bits per heavy atom. The molecule has 0 fully saturated rings. The third kappa shape index (κ3) is 2.75. The van der Waals surface area contributed by atoms with E-state index in [9.17, 15) is 0 Å². The van der Waals surface area contributed by atoms with Gasteiger partial charge in [-0.3, -0.25) is 4.98 Å². The van der Waals surface area contributed by atoms with Crippen molar-refractivity contribution in [1.29, 1.82) is 0 Å². The van der Waals surface area contributed by atoms with Crippen molar-refractivity contribution >= 4 is 0 Å². The first-order valence-corrected chi connectivity index (χ1v) is 6.51. The molecule has 0 saturated carbocycles. The van der Waals surface area contributed by atoms with Crippen molar-refractivity contribution in [1.82, 2.24) is 10.3 Å². The van der Waals surface area contributed by atoms with Gasteiger partial charge in [-0.15, -0.1) is 0 Å². The van der Waals surface area contributed by atoms with E-state index in [1.807, 2.05) is 37.5 Å². The van der Waals surface area contributed by atoms with E-state index in [-0.39, 0.29) is 6.04 Å². The highest BCUT2D eigenvalue weighted by Gasteiger charge is 2.19. The van der Waals surface area contributed by atoms with E-state index < -0.39 is 0 Å². The van der Waals surface area contributed by atoms with Gasteiger partial charge < -0.3 is 14.8 Å². The molecule has 1 aromatic carbocycles. The van der Waals surface area contributed by atoms with E-state index in [1.54, 1.807) is 20.4 Å². The van der Waals surface area contributed by atoms with Crippen molar-refractivity contribution in [2.24, 2.45) is 0 Å². The minimum absolute atomic E-state index is 0.0306. The molecule has 1 heterocycles. The van der Waals surface area contributed by atoms with E-state index in [2.05, 4.69) is 17.2 Å². The van der Waals surface area contributed by atoms with Gasteiger partial charge in [-0.05, 0) is 49.4 Å². The standard InChI is InChI=1S/C16H20N2O2/c1-11-10-18-8-7-13(11)16(17-2)14-9-12(19-3)5-6-15(14)20-4/h5-10,16-17H,1-4H3. The predicted octanol–water partition coefficient (Wildman–Crippen LogP) is 2.72. The summed E-state index contributed by atoms with van der Waals surface area (Å²) in [6.07, 6.45) is 3.67. The Morgan fingerprint density at radius 3 is 2.50 bits per heavy atom. The highest BCUT2D eigenvalue weighted by Crippen LogP contribution is 2.33. The molecule has 4 nitrogen and oxygen atoms in total. The lowest BCUT2D eigenvalue weighted by atomic mass is 9.95. The molecule has 1 aromatic heterocycles. The van der Waals surface area contributed by atoms with Crippen LogP contribution in [0.3, 0.4) is 0 Å². The van der Waals surface area contributed by atoms with Crippen LogP contribution in [0.5, 0.6) is 11.5 Å². The molecule has 2 aromatic rings. The van der Waals surface area contributed by atoms with Gasteiger partial charge in [0.2, 0.25) is 0 Å². The van der Waals surface area contributed by atoms with Crippen LogP contribution in [0, 0.1) is 6.92 Å². The number of nitrogens with zero attached hydrogens (tertiary/aromatic N) is 1. The third-order valence-electron chi connectivity index (χ3n) is 3.41. The molecule has 0 bridgehead atoms. The van der Waals surface area contributed by atoms with Gasteiger partial charge in [0.1, 0.15) is 11.5 Å². The fraction of sp³-hybridized carbons (Fsp3) is 0.312. The molecule has 1 atom stereocenters. The number of ether oxygens (including phenoxy) is 2. The van der Waals surface area contributed by atoms with Crippen molar-refractivity contribution in [3.63, 3.8) is 0 Å². The van der Waals surface area contributed by atoms with Crippen molar-refractivity contribution in [2.75, 3.05) is 21.3 Å². The van der Waals surface area contributed by atoms with E-state index in [1.165, 1.54) is 5.56 Å². The molecule has 2 rings (SSSR count). The normalized spacial score (nSPS) is 12.0. The van der Waals surface area contributed by atoms with Gasteiger partial charge in [-0.25, -0.2) is 0 Å². The molecule has 0 amide bonds. The highest BCUT2D eigenvalue weighted by molar-refractivity contribution is 5.47. The van der Waals surface area contributed by atoms with Gasteiger partial charge in [-0.1, -0.05) is 0 Å². The molecule has 0 saturated heterocycles. The molecule has 0 radical (unpaired) electrons. The zero-order valence-corrected chi connectivity index (χ0v) is 12.3. The smallest absolute Gasteiger partial charge is 0.124 e. The first-order valence-electron chi connectivity index (χ1n) is 6.51. The largest absolute Gasteiger partial charge is 0.497 e. The first kappa shape index (κ1) is 14.3. The lowest BCUT2D eigenvalue weighted by Crippen LogP contribution is -2.19. The Kier molecular flexibility index (Phi) is 4.58. The molecule has 1 unspecified atom stereocenters. The molecule has 4 heteroatoms. The molecule has 0 aliphatic rings. The Labute approximate surface area is 119 Å². The van der Waals surface area contributed by atoms with Crippen molar-refractivity contribution in [3.05, 3.63) is 53.3 Å². The highest BCUT2D eigenvalue weighted by atomic mass is 16.5. The van der Waals surface area contributed by atoms with Crippen molar-refractivity contribution in [2.45, 2.75) is 13.0 Å². The second kappa shape index (κ2) is 6.39. The summed E-state index contributed by atoms with van der Waals surface area (Å²) in [5.41, 5.74) is 3.36. The summed E-state index contributed by atoms with van der Waals surface area (Å²) in [5.74, 6) is 1.65. The molecule has 1 N–H and O–H groups in total. The van der Waals surface area contributed by atoms with Crippen LogP contribution in [0.15, 0.2) is 36.7 Å². The van der Waals surface area contributed by atoms with Gasteiger partial charge >= 0.3 is 0 Å². The molecule has 0 aliphatic carbocycles. The Morgan fingerprint density at radius 1 is 1.10 bits per heavy atom. The molecule has 0 aliphatic heterocycles. The van der Waals surface area contributed by atoms with Gasteiger partial charge in [0, 0.05) is 18.0 Å². The Hall–Kier alpha value is -2.07. The second-order valence-electron chi connectivity index (χ2n) is 4.56. The van der Waals surface area contributed by atoms with E-state index >= 15 is 0 Å². The summed E-state index contributed by atoms with van der Waals surface area (Å²) >= 11 is 0. The minimum Gasteiger partial charge on any atom is -0.497 e. The summed E-state index contributed by atoms with van der Waals surface area (Å²) in [7, 11) is 5.28. The summed E-state index contributed by atoms with van der Waals surface area (Å²) in [6.45, 7) is 2.05. The quantitative estimate of drug-likeness (QED) is 0.909. The van der Waals surface area contributed by atoms with Crippen LogP contribution in [0.2, 0.25) is 0 Å². The third-order valence-corrected chi connectivity index (χ3v) is 3.41. The van der Waals surface area contributed by atoms with Gasteiger partial charge in [-0.2, -0.15) is 0 Å². The minimum atomic E-state index is 0.0306. The number of benzene rings is 1. The lowest BCUT2D eigenvalue weighted by Gasteiger charge is -2.22. The number of methoxy groups -OCH3 is 2. The van der Waals surface area contributed by atoms with E-state index in [0.717, 1.165) is 22.6 Å². The van der Waals surface area contributed by atoms with Crippen LogP contribution in [0.1, 0.15) is 22.7 Å². The van der Waals surface area contributed by atoms with Crippen LogP contribution >= 0.6 is 0 Å². The predicted molar refractivity (Wildman–Crippen MR) is 79.4 cm³/mol. The van der Waals surface area contributed by atoms with Gasteiger partial charge in [0.05, 0.1) is 20.3 Å². The monoisotopic (exact) mass is 272 g/mol. The zero-order valence-electron chi connectivity index (χ0n) is 12.3. The average Bonchev–Trinajstić information content (AvgIpc) is 2.49. The maximum Gasteiger partial charge on any atom is 0.124 e. The summed E-state index contributed by atoms with van der Waals surface area (Å²) < 4.78 is 10.8. The maximum atomic E-state index is 5.48. The summed E-state index contributed by atoms with van der Waals surface area (Å²) in [5, 5.41) is 3.34. The van der Waals surface area contributed by atoms with Gasteiger partial charge in [0.25, 0.3) is 0 Å². The van der Waals surface area contributed by atoms with Crippen LogP contribution in [0.4, 0.5) is 0 Å². The first-order chi connectivity index (χ1) is 9.71. The van der Waals surface area contributed by atoms with Crippen LogP contribution < -0.4 is 14.8 Å². The van der Waals surface area contributed by atoms with Crippen LogP contribution in [0.25, 0.3) is 0 Å². The Balaban J connectivity index is 2.54. The number of nitrogens with one attached hydrogen (secondary N) is 1. The molecular formula is C16H20N2O2. The fourth-order valence-corrected chi connectivity index (χ4v) is 2.35. The molecular weight excluding hydrogens is 252 g/mol. The summed E-state index contributed by atoms with van der Waals surface area (Å²) in [4.78, 5) is 4.15. The van der Waals surface area contributed by atoms with E-state index in [4.69, 9.17) is 9.47 Å². The number of hydrogen-bond acceptors (Lipinski definition) is 4. The lowest BCUT2D eigenvalue weighted by molar-refractivity contribution is 0.395.